The van der Waals surface area contributed by atoms with Crippen molar-refractivity contribution in [1.82, 2.24) is 15.2 Å². The Morgan fingerprint density at radius 1 is 1.26 bits per heavy atom. The number of piperidine rings is 1. The standard InChI is InChI=1S/C19H24BrN3O2S2/c1-3-12(4-2)19(25)23-7-5-14(6-8-23)21-17(24)15-11-27-18(22-15)16-9-13(20)10-26-16/h9-12,14H,3-8H2,1-2H3,(H,21,24). The van der Waals surface area contributed by atoms with Gasteiger partial charge in [0, 0.05) is 40.3 Å². The summed E-state index contributed by atoms with van der Waals surface area (Å²) in [6, 6.07) is 2.11. The Labute approximate surface area is 176 Å². The summed E-state index contributed by atoms with van der Waals surface area (Å²) in [5, 5.41) is 7.76. The molecular weight excluding hydrogens is 446 g/mol. The Balaban J connectivity index is 1.53. The van der Waals surface area contributed by atoms with E-state index in [1.165, 1.54) is 11.3 Å². The van der Waals surface area contributed by atoms with E-state index >= 15 is 0 Å². The topological polar surface area (TPSA) is 62.3 Å². The highest BCUT2D eigenvalue weighted by Gasteiger charge is 2.27. The first-order chi connectivity index (χ1) is 13.0. The highest BCUT2D eigenvalue weighted by atomic mass is 79.9. The summed E-state index contributed by atoms with van der Waals surface area (Å²) in [5.41, 5.74) is 0.468. The minimum atomic E-state index is -0.127. The fourth-order valence-electron chi connectivity index (χ4n) is 3.32. The van der Waals surface area contributed by atoms with Gasteiger partial charge in [0.1, 0.15) is 10.7 Å². The van der Waals surface area contributed by atoms with Crippen LogP contribution in [0.15, 0.2) is 21.3 Å². The van der Waals surface area contributed by atoms with Crippen molar-refractivity contribution in [2.75, 3.05) is 13.1 Å². The highest BCUT2D eigenvalue weighted by Crippen LogP contribution is 2.32. The number of thiazole rings is 1. The zero-order valence-electron chi connectivity index (χ0n) is 15.5. The molecule has 0 atom stereocenters. The van der Waals surface area contributed by atoms with Crippen molar-refractivity contribution in [2.45, 2.75) is 45.6 Å². The van der Waals surface area contributed by atoms with Gasteiger partial charge in [0.25, 0.3) is 5.91 Å². The number of carbonyl (C=O) groups excluding carboxylic acids is 2. The smallest absolute Gasteiger partial charge is 0.270 e. The molecule has 8 heteroatoms. The average Bonchev–Trinajstić information content (AvgIpc) is 3.32. The van der Waals surface area contributed by atoms with Crippen molar-refractivity contribution >= 4 is 50.4 Å². The second-order valence-electron chi connectivity index (χ2n) is 6.75. The van der Waals surface area contributed by atoms with Gasteiger partial charge in [-0.15, -0.1) is 22.7 Å². The molecule has 0 unspecified atom stereocenters. The van der Waals surface area contributed by atoms with Crippen molar-refractivity contribution in [3.63, 3.8) is 0 Å². The summed E-state index contributed by atoms with van der Waals surface area (Å²) >= 11 is 6.53. The molecule has 0 aliphatic carbocycles. The summed E-state index contributed by atoms with van der Waals surface area (Å²) in [7, 11) is 0. The molecule has 2 aromatic heterocycles. The number of hydrogen-bond acceptors (Lipinski definition) is 5. The van der Waals surface area contributed by atoms with Crippen LogP contribution in [0.1, 0.15) is 50.0 Å². The van der Waals surface area contributed by atoms with E-state index < -0.39 is 0 Å². The van der Waals surface area contributed by atoms with Gasteiger partial charge >= 0.3 is 0 Å². The molecular formula is C19H24BrN3O2S2. The third-order valence-corrected chi connectivity index (χ3v) is 7.69. The molecule has 0 radical (unpaired) electrons. The first-order valence-corrected chi connectivity index (χ1v) is 11.9. The number of likely N-dealkylation sites (tertiary alicyclic amines) is 1. The first-order valence-electron chi connectivity index (χ1n) is 9.31. The highest BCUT2D eigenvalue weighted by molar-refractivity contribution is 9.10. The van der Waals surface area contributed by atoms with Gasteiger partial charge < -0.3 is 10.2 Å². The fraction of sp³-hybridized carbons (Fsp3) is 0.526. The lowest BCUT2D eigenvalue weighted by atomic mass is 9.98. The van der Waals surface area contributed by atoms with Gasteiger partial charge in [-0.25, -0.2) is 4.98 Å². The van der Waals surface area contributed by atoms with Crippen molar-refractivity contribution in [2.24, 2.45) is 5.92 Å². The number of halogens is 1. The third kappa shape index (κ3) is 4.97. The summed E-state index contributed by atoms with van der Waals surface area (Å²) < 4.78 is 1.03. The van der Waals surface area contributed by atoms with E-state index in [4.69, 9.17) is 0 Å². The van der Waals surface area contributed by atoms with Crippen LogP contribution in [0.2, 0.25) is 0 Å². The van der Waals surface area contributed by atoms with E-state index in [-0.39, 0.29) is 23.8 Å². The molecule has 0 aromatic carbocycles. The van der Waals surface area contributed by atoms with Crippen molar-refractivity contribution in [1.29, 1.82) is 0 Å². The lowest BCUT2D eigenvalue weighted by Crippen LogP contribution is -2.48. The van der Waals surface area contributed by atoms with Crippen molar-refractivity contribution < 1.29 is 9.59 Å². The second kappa shape index (κ2) is 9.30. The van der Waals surface area contributed by atoms with Gasteiger partial charge in [-0.3, -0.25) is 9.59 Å². The van der Waals surface area contributed by atoms with E-state index in [0.717, 1.165) is 40.0 Å². The maximum atomic E-state index is 12.5. The third-order valence-electron chi connectivity index (χ3n) is 4.99. The summed E-state index contributed by atoms with van der Waals surface area (Å²) in [6.45, 7) is 5.56. The Kier molecular flexibility index (Phi) is 7.05. The number of thiophene rings is 1. The lowest BCUT2D eigenvalue weighted by Gasteiger charge is -2.34. The van der Waals surface area contributed by atoms with Crippen LogP contribution in [0.5, 0.6) is 0 Å². The molecule has 2 aromatic rings. The van der Waals surface area contributed by atoms with Gasteiger partial charge in [0.15, 0.2) is 0 Å². The molecule has 1 saturated heterocycles. The quantitative estimate of drug-likeness (QED) is 0.660. The van der Waals surface area contributed by atoms with Gasteiger partial charge in [-0.1, -0.05) is 13.8 Å². The van der Waals surface area contributed by atoms with E-state index in [1.807, 2.05) is 21.7 Å². The minimum Gasteiger partial charge on any atom is -0.348 e. The number of nitrogens with zero attached hydrogens (tertiary/aromatic N) is 2. The average molecular weight is 470 g/mol. The van der Waals surface area contributed by atoms with Gasteiger partial charge in [-0.05, 0) is 47.7 Å². The molecule has 5 nitrogen and oxygen atoms in total. The number of carbonyl (C=O) groups is 2. The minimum absolute atomic E-state index is 0.101. The van der Waals surface area contributed by atoms with E-state index in [1.54, 1.807) is 11.3 Å². The predicted octanol–water partition coefficient (Wildman–Crippen LogP) is 4.79. The molecule has 0 spiro atoms. The Morgan fingerprint density at radius 3 is 2.56 bits per heavy atom. The zero-order valence-corrected chi connectivity index (χ0v) is 18.8. The molecule has 1 aliphatic rings. The van der Waals surface area contributed by atoms with E-state index in [2.05, 4.69) is 40.1 Å². The van der Waals surface area contributed by atoms with Gasteiger partial charge in [0.05, 0.1) is 4.88 Å². The van der Waals surface area contributed by atoms with Crippen LogP contribution in [0.3, 0.4) is 0 Å². The van der Waals surface area contributed by atoms with Crippen LogP contribution in [0.25, 0.3) is 9.88 Å². The van der Waals surface area contributed by atoms with Crippen LogP contribution in [-0.4, -0.2) is 40.8 Å². The summed E-state index contributed by atoms with van der Waals surface area (Å²) in [6.07, 6.45) is 3.37. The SMILES string of the molecule is CCC(CC)C(=O)N1CCC(NC(=O)c2csc(-c3cc(Br)cs3)n2)CC1. The molecule has 3 rings (SSSR count). The molecule has 0 saturated carbocycles. The number of hydrogen-bond donors (Lipinski definition) is 1. The van der Waals surface area contributed by atoms with Crippen LogP contribution < -0.4 is 5.32 Å². The molecule has 0 bridgehead atoms. The molecule has 1 N–H and O–H groups in total. The fourth-order valence-corrected chi connectivity index (χ4v) is 5.62. The van der Waals surface area contributed by atoms with Crippen molar-refractivity contribution in [3.05, 3.63) is 27.0 Å². The number of nitrogens with one attached hydrogen (secondary N) is 1. The number of rotatable bonds is 6. The normalized spacial score (nSPS) is 15.3. The van der Waals surface area contributed by atoms with Crippen LogP contribution in [0, 0.1) is 5.92 Å². The predicted molar refractivity (Wildman–Crippen MR) is 114 cm³/mol. The molecule has 3 heterocycles. The van der Waals surface area contributed by atoms with E-state index in [9.17, 15) is 9.59 Å². The number of amides is 2. The molecule has 1 fully saturated rings. The van der Waals surface area contributed by atoms with Crippen LogP contribution in [0.4, 0.5) is 0 Å². The molecule has 1 aliphatic heterocycles. The maximum absolute atomic E-state index is 12.5. The molecule has 146 valence electrons. The maximum Gasteiger partial charge on any atom is 0.270 e. The summed E-state index contributed by atoms with van der Waals surface area (Å²) in [4.78, 5) is 32.5. The first kappa shape index (κ1) is 20.5. The summed E-state index contributed by atoms with van der Waals surface area (Å²) in [5.74, 6) is 0.260. The monoisotopic (exact) mass is 469 g/mol. The van der Waals surface area contributed by atoms with Gasteiger partial charge in [-0.2, -0.15) is 0 Å². The second-order valence-corrected chi connectivity index (χ2v) is 9.44. The lowest BCUT2D eigenvalue weighted by molar-refractivity contribution is -0.136. The van der Waals surface area contributed by atoms with Gasteiger partial charge in [0.2, 0.25) is 5.91 Å². The van der Waals surface area contributed by atoms with E-state index in [0.29, 0.717) is 18.8 Å². The number of aromatic nitrogens is 1. The largest absolute Gasteiger partial charge is 0.348 e. The van der Waals surface area contributed by atoms with Crippen LogP contribution in [-0.2, 0) is 4.79 Å². The molecule has 2 amide bonds. The molecule has 27 heavy (non-hydrogen) atoms. The Hall–Kier alpha value is -1.25. The zero-order chi connectivity index (χ0) is 19.4. The van der Waals surface area contributed by atoms with Crippen molar-refractivity contribution in [3.8, 4) is 9.88 Å². The Morgan fingerprint density at radius 2 is 1.96 bits per heavy atom. The Bertz CT molecular complexity index is 792. The van der Waals surface area contributed by atoms with Crippen LogP contribution >= 0.6 is 38.6 Å².